The molecule has 1 atom stereocenters. The number of piperidine rings is 1. The normalized spacial score (nSPS) is 25.1. The second kappa shape index (κ2) is 7.70. The number of hydrogen-bond donors (Lipinski definition) is 0. The summed E-state index contributed by atoms with van der Waals surface area (Å²) >= 11 is 0. The van der Waals surface area contributed by atoms with E-state index in [0.717, 1.165) is 12.5 Å². The Hall–Kier alpha value is 1.06. The second-order valence-corrected chi connectivity index (χ2v) is 2.92. The quantitative estimate of drug-likeness (QED) is 0.536. The average molecular weight is 272 g/mol. The first kappa shape index (κ1) is 14.6. The van der Waals surface area contributed by atoms with Crippen molar-refractivity contribution in [3.05, 3.63) is 6.92 Å². The molecule has 3 heteroatoms. The number of hydrogen-bond acceptors (Lipinski definition) is 1. The molecule has 0 aromatic carbocycles. The molecule has 0 aromatic rings. The summed E-state index contributed by atoms with van der Waals surface area (Å²) in [6.45, 7) is 5.20. The van der Waals surface area contributed by atoms with Crippen LogP contribution >= 0.6 is 0 Å². The zero-order valence-corrected chi connectivity index (χ0v) is 11.9. The van der Waals surface area contributed by atoms with Gasteiger partial charge in [-0.25, -0.2) is 0 Å². The van der Waals surface area contributed by atoms with Crippen LogP contribution in [0, 0.1) is 6.92 Å². The molecule has 0 bridgehead atoms. The summed E-state index contributed by atoms with van der Waals surface area (Å²) in [6, 6.07) is 0.777. The van der Waals surface area contributed by atoms with Crippen molar-refractivity contribution < 1.29 is 36.5 Å². The van der Waals surface area contributed by atoms with E-state index in [4.69, 9.17) is 0 Å². The van der Waals surface area contributed by atoms with Crippen LogP contribution in [-0.4, -0.2) is 24.5 Å². The Morgan fingerprint density at radius 1 is 1.45 bits per heavy atom. The second-order valence-electron chi connectivity index (χ2n) is 2.92. The molecule has 0 saturated carbocycles. The van der Waals surface area contributed by atoms with Gasteiger partial charge in [-0.2, -0.15) is 0 Å². The topological polar surface area (TPSA) is 3.24 Å². The van der Waals surface area contributed by atoms with Crippen molar-refractivity contribution in [3.8, 4) is 0 Å². The maximum absolute atomic E-state index is 3.92. The number of halogens is 1. The van der Waals surface area contributed by atoms with Crippen LogP contribution in [0.25, 0.3) is 0 Å². The number of likely N-dealkylation sites (tertiary alicyclic amines) is 1. The van der Waals surface area contributed by atoms with Crippen LogP contribution in [0.2, 0.25) is 0 Å². The molecule has 63 valence electrons. The molecule has 1 saturated heterocycles. The van der Waals surface area contributed by atoms with E-state index in [0.29, 0.717) is 0 Å². The summed E-state index contributed by atoms with van der Waals surface area (Å²) in [5, 5.41) is 0. The third-order valence-corrected chi connectivity index (χ3v) is 2.25. The van der Waals surface area contributed by atoms with Gasteiger partial charge in [-0.1, -0.05) is 13.3 Å². The first-order chi connectivity index (χ1) is 4.34. The van der Waals surface area contributed by atoms with E-state index in [1.807, 2.05) is 0 Å². The average Bonchev–Trinajstić information content (AvgIpc) is 1.89. The monoisotopic (exact) mass is 269 g/mol. The van der Waals surface area contributed by atoms with Crippen molar-refractivity contribution >= 4 is 0 Å². The smallest absolute Gasteiger partial charge is 0.00922 e. The minimum atomic E-state index is 0. The van der Waals surface area contributed by atoms with Crippen LogP contribution in [0.1, 0.15) is 25.7 Å². The van der Waals surface area contributed by atoms with Crippen molar-refractivity contribution in [3.63, 3.8) is 0 Å². The van der Waals surface area contributed by atoms with Gasteiger partial charge in [0.2, 0.25) is 0 Å². The Morgan fingerprint density at radius 3 is 2.45 bits per heavy atom. The van der Waals surface area contributed by atoms with E-state index >= 15 is 0 Å². The summed E-state index contributed by atoms with van der Waals surface area (Å²) in [5.74, 6) is 0. The fraction of sp³-hybridized carbons (Fsp3) is 0.875. The van der Waals surface area contributed by atoms with Crippen LogP contribution in [-0.2, 0) is 19.5 Å². The molecule has 1 aliphatic heterocycles. The molecule has 1 rings (SSSR count). The number of nitrogens with zero attached hydrogens (tertiary/aromatic N) is 1. The van der Waals surface area contributed by atoms with E-state index in [9.17, 15) is 0 Å². The Morgan fingerprint density at radius 2 is 2.09 bits per heavy atom. The van der Waals surface area contributed by atoms with E-state index < -0.39 is 0 Å². The van der Waals surface area contributed by atoms with Gasteiger partial charge in [-0.3, -0.25) is 0 Å². The van der Waals surface area contributed by atoms with Crippen LogP contribution < -0.4 is 17.0 Å². The third-order valence-electron chi connectivity index (χ3n) is 2.25. The van der Waals surface area contributed by atoms with Gasteiger partial charge in [0, 0.05) is 25.5 Å². The molecule has 0 amide bonds. The minimum Gasteiger partial charge on any atom is -1.00 e. The zero-order valence-electron chi connectivity index (χ0n) is 7.35. The van der Waals surface area contributed by atoms with Gasteiger partial charge in [0.1, 0.15) is 0 Å². The Labute approximate surface area is 93.4 Å². The summed E-state index contributed by atoms with van der Waals surface area (Å²) in [4.78, 5) is 2.43. The molecular weight excluding hydrogens is 255 g/mol. The zero-order chi connectivity index (χ0) is 6.69. The minimum absolute atomic E-state index is 0. The van der Waals surface area contributed by atoms with Crippen LogP contribution in [0.15, 0.2) is 0 Å². The third kappa shape index (κ3) is 4.60. The van der Waals surface area contributed by atoms with Gasteiger partial charge in [0.15, 0.2) is 0 Å². The van der Waals surface area contributed by atoms with Crippen LogP contribution in [0.4, 0.5) is 0 Å². The van der Waals surface area contributed by atoms with E-state index in [1.165, 1.54) is 25.8 Å². The maximum atomic E-state index is 3.92. The molecule has 0 spiro atoms. The summed E-state index contributed by atoms with van der Waals surface area (Å²) in [5.41, 5.74) is 0. The molecule has 0 N–H and O–H groups in total. The molecule has 1 heterocycles. The van der Waals surface area contributed by atoms with Gasteiger partial charge >= 0.3 is 0 Å². The molecule has 1 radical (unpaired) electrons. The maximum Gasteiger partial charge on any atom is 0.00922 e. The van der Waals surface area contributed by atoms with E-state index in [1.54, 1.807) is 0 Å². The number of rotatable bonds is 1. The van der Waals surface area contributed by atoms with Crippen molar-refractivity contribution in [1.29, 1.82) is 0 Å². The van der Waals surface area contributed by atoms with Gasteiger partial charge in [0.25, 0.3) is 0 Å². The molecule has 1 unspecified atom stereocenters. The van der Waals surface area contributed by atoms with Gasteiger partial charge in [-0.05, 0) is 32.9 Å². The van der Waals surface area contributed by atoms with Crippen molar-refractivity contribution in [2.75, 3.05) is 13.6 Å². The van der Waals surface area contributed by atoms with Gasteiger partial charge < -0.3 is 21.9 Å². The van der Waals surface area contributed by atoms with Crippen molar-refractivity contribution in [2.24, 2.45) is 0 Å². The summed E-state index contributed by atoms with van der Waals surface area (Å²) in [6.07, 6.45) is 5.23. The largest absolute Gasteiger partial charge is 1.00 e. The summed E-state index contributed by atoms with van der Waals surface area (Å²) < 4.78 is 0. The predicted octanol–water partition coefficient (Wildman–Crippen LogP) is -1.30. The van der Waals surface area contributed by atoms with E-state index in [2.05, 4.69) is 18.9 Å². The SMILES string of the molecule is [Br-].[CH2]CC1CCCCN1C.[Zn]. The fourth-order valence-electron chi connectivity index (χ4n) is 1.51. The first-order valence-electron chi connectivity index (χ1n) is 3.84. The predicted molar refractivity (Wildman–Crippen MR) is 40.2 cm³/mol. The molecular formula is C8H16BrNZn-. The summed E-state index contributed by atoms with van der Waals surface area (Å²) in [7, 11) is 2.20. The molecule has 0 aliphatic carbocycles. The standard InChI is InChI=1S/C8H16N.BrH.Zn/c1-3-8-6-4-5-7-9(8)2;;/h8H,1,3-7H2,2H3;1H;/p-1. The van der Waals surface area contributed by atoms with E-state index in [-0.39, 0.29) is 36.5 Å². The van der Waals surface area contributed by atoms with Crippen molar-refractivity contribution in [2.45, 2.75) is 31.7 Å². The Bertz CT molecular complexity index is 90.2. The van der Waals surface area contributed by atoms with Gasteiger partial charge in [-0.15, -0.1) is 0 Å². The van der Waals surface area contributed by atoms with Crippen LogP contribution in [0.3, 0.4) is 0 Å². The van der Waals surface area contributed by atoms with Crippen molar-refractivity contribution in [1.82, 2.24) is 4.90 Å². The Balaban J connectivity index is 0. The first-order valence-corrected chi connectivity index (χ1v) is 3.84. The molecule has 1 nitrogen and oxygen atoms in total. The molecule has 1 aliphatic rings. The molecule has 11 heavy (non-hydrogen) atoms. The van der Waals surface area contributed by atoms with Crippen LogP contribution in [0.5, 0.6) is 0 Å². The fourth-order valence-corrected chi connectivity index (χ4v) is 1.51. The molecule has 1 fully saturated rings. The van der Waals surface area contributed by atoms with Gasteiger partial charge in [0.05, 0.1) is 0 Å². The Kier molecular flexibility index (Phi) is 10.2. The molecule has 0 aromatic heterocycles.